The summed E-state index contributed by atoms with van der Waals surface area (Å²) >= 11 is 0. The summed E-state index contributed by atoms with van der Waals surface area (Å²) in [6, 6.07) is 9.11. The van der Waals surface area contributed by atoms with Crippen LogP contribution in [0.3, 0.4) is 0 Å². The van der Waals surface area contributed by atoms with Gasteiger partial charge in [0.1, 0.15) is 0 Å². The molecular formula is C14H24S. The third-order valence-corrected chi connectivity index (χ3v) is 4.01. The van der Waals surface area contributed by atoms with Crippen LogP contribution in [0.4, 0.5) is 0 Å². The van der Waals surface area contributed by atoms with Crippen molar-refractivity contribution in [3.05, 3.63) is 29.8 Å². The van der Waals surface area contributed by atoms with Crippen molar-refractivity contribution in [1.29, 1.82) is 0 Å². The molecule has 0 aliphatic heterocycles. The topological polar surface area (TPSA) is 0 Å². The molecule has 1 aromatic carbocycles. The molecule has 0 saturated heterocycles. The van der Waals surface area contributed by atoms with Crippen LogP contribution < -0.4 is 0 Å². The molecule has 0 aliphatic rings. The largest absolute Gasteiger partial charge is 0.223 e. The molecule has 0 radical (unpaired) electrons. The van der Waals surface area contributed by atoms with E-state index in [1.807, 2.05) is 0 Å². The molecule has 1 rings (SSSR count). The van der Waals surface area contributed by atoms with Gasteiger partial charge < -0.3 is 0 Å². The summed E-state index contributed by atoms with van der Waals surface area (Å²) in [7, 11) is -0.581. The van der Waals surface area contributed by atoms with Crippen LogP contribution in [-0.2, 0) is 6.42 Å². The van der Waals surface area contributed by atoms with E-state index in [1.54, 1.807) is 0 Å². The van der Waals surface area contributed by atoms with Crippen molar-refractivity contribution >= 4 is 10.0 Å². The summed E-state index contributed by atoms with van der Waals surface area (Å²) in [6.45, 7) is 6.89. The van der Waals surface area contributed by atoms with E-state index in [1.165, 1.54) is 10.5 Å². The molecule has 1 heteroatoms. The Kier molecular flexibility index (Phi) is 3.55. The molecule has 0 amide bonds. The molecule has 0 fully saturated rings. The second-order valence-electron chi connectivity index (χ2n) is 6.22. The molecule has 0 atom stereocenters. The normalized spacial score (nSPS) is 14.0. The zero-order valence-corrected chi connectivity index (χ0v) is 11.7. The van der Waals surface area contributed by atoms with Crippen LogP contribution in [-0.4, -0.2) is 18.8 Å². The Labute approximate surface area is 96.4 Å². The highest BCUT2D eigenvalue weighted by molar-refractivity contribution is 8.32. The molecule has 0 unspecified atom stereocenters. The SMILES string of the molecule is CC(C)(C)Cc1cccc(S(C)(C)C)c1. The molecular weight excluding hydrogens is 200 g/mol. The summed E-state index contributed by atoms with van der Waals surface area (Å²) < 4.78 is 0. The number of benzene rings is 1. The van der Waals surface area contributed by atoms with E-state index in [-0.39, 0.29) is 0 Å². The Morgan fingerprint density at radius 1 is 1.07 bits per heavy atom. The predicted molar refractivity (Wildman–Crippen MR) is 73.2 cm³/mol. The molecule has 0 N–H and O–H groups in total. The smallest absolute Gasteiger partial charge is 0.0104 e. The first-order valence-electron chi connectivity index (χ1n) is 5.46. The number of hydrogen-bond acceptors (Lipinski definition) is 0. The van der Waals surface area contributed by atoms with Gasteiger partial charge in [-0.05, 0) is 47.1 Å². The summed E-state index contributed by atoms with van der Waals surface area (Å²) in [5.74, 6) is 0. The summed E-state index contributed by atoms with van der Waals surface area (Å²) in [5, 5.41) is 0. The van der Waals surface area contributed by atoms with Crippen molar-refractivity contribution in [3.63, 3.8) is 0 Å². The van der Waals surface area contributed by atoms with Gasteiger partial charge in [0, 0.05) is 0 Å². The van der Waals surface area contributed by atoms with Crippen LogP contribution >= 0.6 is 10.0 Å². The average Bonchev–Trinajstić information content (AvgIpc) is 1.99. The lowest BCUT2D eigenvalue weighted by Gasteiger charge is -2.27. The van der Waals surface area contributed by atoms with Crippen molar-refractivity contribution in [3.8, 4) is 0 Å². The highest BCUT2D eigenvalue weighted by Crippen LogP contribution is 2.45. The third-order valence-electron chi connectivity index (χ3n) is 2.34. The lowest BCUT2D eigenvalue weighted by atomic mass is 9.88. The minimum Gasteiger partial charge on any atom is -0.223 e. The van der Waals surface area contributed by atoms with Gasteiger partial charge in [0.15, 0.2) is 0 Å². The molecule has 0 aliphatic carbocycles. The fraction of sp³-hybridized carbons (Fsp3) is 0.571. The van der Waals surface area contributed by atoms with Gasteiger partial charge in [0.25, 0.3) is 0 Å². The maximum atomic E-state index is 2.39. The quantitative estimate of drug-likeness (QED) is 0.701. The van der Waals surface area contributed by atoms with Gasteiger partial charge in [-0.25, -0.2) is 10.0 Å². The van der Waals surface area contributed by atoms with Gasteiger partial charge in [-0.1, -0.05) is 39.0 Å². The van der Waals surface area contributed by atoms with Crippen molar-refractivity contribution in [2.45, 2.75) is 32.1 Å². The first-order valence-corrected chi connectivity index (χ1v) is 8.32. The zero-order chi connectivity index (χ0) is 11.7. The van der Waals surface area contributed by atoms with E-state index in [0.29, 0.717) is 5.41 Å². The van der Waals surface area contributed by atoms with E-state index in [0.717, 1.165) is 6.42 Å². The van der Waals surface area contributed by atoms with E-state index >= 15 is 0 Å². The summed E-state index contributed by atoms with van der Waals surface area (Å²) in [5.41, 5.74) is 1.86. The molecule has 0 saturated carbocycles. The van der Waals surface area contributed by atoms with Gasteiger partial charge in [0.05, 0.1) is 0 Å². The van der Waals surface area contributed by atoms with Crippen LogP contribution in [0.5, 0.6) is 0 Å². The molecule has 0 spiro atoms. The fourth-order valence-electron chi connectivity index (χ4n) is 1.65. The Morgan fingerprint density at radius 3 is 2.13 bits per heavy atom. The van der Waals surface area contributed by atoms with Gasteiger partial charge in [0.2, 0.25) is 0 Å². The van der Waals surface area contributed by atoms with Crippen LogP contribution in [0, 0.1) is 5.41 Å². The first-order chi connectivity index (χ1) is 6.68. The van der Waals surface area contributed by atoms with E-state index in [9.17, 15) is 0 Å². The van der Waals surface area contributed by atoms with Crippen LogP contribution in [0.2, 0.25) is 0 Å². The minimum atomic E-state index is -0.581. The highest BCUT2D eigenvalue weighted by atomic mass is 32.3. The van der Waals surface area contributed by atoms with Crippen LogP contribution in [0.1, 0.15) is 26.3 Å². The van der Waals surface area contributed by atoms with E-state index in [2.05, 4.69) is 63.8 Å². The lowest BCUT2D eigenvalue weighted by Crippen LogP contribution is -2.09. The second-order valence-corrected chi connectivity index (χ2v) is 10.4. The zero-order valence-electron chi connectivity index (χ0n) is 10.9. The third kappa shape index (κ3) is 4.29. The Morgan fingerprint density at radius 2 is 1.67 bits per heavy atom. The first kappa shape index (κ1) is 12.6. The molecule has 15 heavy (non-hydrogen) atoms. The van der Waals surface area contributed by atoms with E-state index in [4.69, 9.17) is 0 Å². The monoisotopic (exact) mass is 224 g/mol. The van der Waals surface area contributed by atoms with Gasteiger partial charge in [-0.15, -0.1) is 0 Å². The minimum absolute atomic E-state index is 0.381. The molecule has 0 nitrogen and oxygen atoms in total. The van der Waals surface area contributed by atoms with Crippen molar-refractivity contribution < 1.29 is 0 Å². The van der Waals surface area contributed by atoms with Crippen molar-refractivity contribution in [2.75, 3.05) is 18.8 Å². The predicted octanol–water partition coefficient (Wildman–Crippen LogP) is 4.33. The van der Waals surface area contributed by atoms with Crippen molar-refractivity contribution in [2.24, 2.45) is 5.41 Å². The average molecular weight is 224 g/mol. The summed E-state index contributed by atoms with van der Waals surface area (Å²) in [4.78, 5) is 1.52. The molecule has 86 valence electrons. The van der Waals surface area contributed by atoms with E-state index < -0.39 is 10.0 Å². The Balaban J connectivity index is 2.94. The maximum Gasteiger partial charge on any atom is -0.0104 e. The van der Waals surface area contributed by atoms with Crippen LogP contribution in [0.25, 0.3) is 0 Å². The highest BCUT2D eigenvalue weighted by Gasteiger charge is 2.13. The van der Waals surface area contributed by atoms with Crippen LogP contribution in [0.15, 0.2) is 29.2 Å². The molecule has 0 aromatic heterocycles. The molecule has 0 bridgehead atoms. The fourth-order valence-corrected chi connectivity index (χ4v) is 2.64. The number of hydrogen-bond donors (Lipinski definition) is 0. The van der Waals surface area contributed by atoms with Gasteiger partial charge in [-0.2, -0.15) is 0 Å². The van der Waals surface area contributed by atoms with Gasteiger partial charge in [-0.3, -0.25) is 0 Å². The van der Waals surface area contributed by atoms with Crippen molar-refractivity contribution in [1.82, 2.24) is 0 Å². The standard InChI is InChI=1S/C14H24S/c1-14(2,3)11-12-8-7-9-13(10-12)15(4,5)6/h7-10H,11H2,1-6H3. The molecule has 1 aromatic rings. The Bertz CT molecular complexity index is 326. The Hall–Kier alpha value is -0.430. The molecule has 0 heterocycles. The maximum absolute atomic E-state index is 2.39. The van der Waals surface area contributed by atoms with Gasteiger partial charge >= 0.3 is 0 Å². The number of rotatable bonds is 2. The summed E-state index contributed by atoms with van der Waals surface area (Å²) in [6.07, 6.45) is 8.21. The second kappa shape index (κ2) is 4.21. The lowest BCUT2D eigenvalue weighted by molar-refractivity contribution is 0.411.